The molecule has 2 rings (SSSR count). The third-order valence-corrected chi connectivity index (χ3v) is 3.41. The maximum Gasteiger partial charge on any atom is 0.213 e. The van der Waals surface area contributed by atoms with Crippen LogP contribution in [0.3, 0.4) is 0 Å². The van der Waals surface area contributed by atoms with Gasteiger partial charge >= 0.3 is 0 Å². The Morgan fingerprint density at radius 1 is 1.12 bits per heavy atom. The molecule has 0 aliphatic carbocycles. The number of aromatic nitrogens is 1. The minimum atomic E-state index is 0. The first-order valence-electron chi connectivity index (χ1n) is 8.57. The summed E-state index contributed by atoms with van der Waals surface area (Å²) in [6.07, 6.45) is 3.95. The summed E-state index contributed by atoms with van der Waals surface area (Å²) < 4.78 is 11.1. The number of benzene rings is 1. The molecule has 1 aromatic carbocycles. The van der Waals surface area contributed by atoms with Gasteiger partial charge in [-0.2, -0.15) is 0 Å². The summed E-state index contributed by atoms with van der Waals surface area (Å²) in [5.74, 6) is 1.86. The van der Waals surface area contributed by atoms with Crippen LogP contribution < -0.4 is 20.5 Å². The van der Waals surface area contributed by atoms with Gasteiger partial charge in [0.25, 0.3) is 0 Å². The van der Waals surface area contributed by atoms with Gasteiger partial charge in [-0.3, -0.25) is 0 Å². The van der Waals surface area contributed by atoms with E-state index in [1.54, 1.807) is 6.20 Å². The number of unbranched alkanes of at least 4 members (excludes halogenated alkanes) is 1. The van der Waals surface area contributed by atoms with Gasteiger partial charge in [0, 0.05) is 18.8 Å². The number of rotatable bonds is 10. The lowest BCUT2D eigenvalue weighted by molar-refractivity contribution is 0.212. The minimum Gasteiger partial charge on any atom is -0.490 e. The number of ether oxygens (including phenoxy) is 2. The summed E-state index contributed by atoms with van der Waals surface area (Å²) in [4.78, 5) is 8.56. The molecule has 0 aliphatic rings. The maximum absolute atomic E-state index is 5.80. The molecule has 0 fully saturated rings. The van der Waals surface area contributed by atoms with E-state index in [4.69, 9.17) is 15.2 Å². The van der Waals surface area contributed by atoms with Crippen molar-refractivity contribution >= 4 is 29.9 Å². The van der Waals surface area contributed by atoms with E-state index < -0.39 is 0 Å². The molecule has 6 nitrogen and oxygen atoms in total. The predicted molar refractivity (Wildman–Crippen MR) is 115 cm³/mol. The molecule has 0 unspecified atom stereocenters. The molecule has 0 spiro atoms. The number of nitrogens with zero attached hydrogens (tertiary/aromatic N) is 2. The standard InChI is InChI=1S/C19H26N4O2.HI/c1-2-3-11-21-19(20)23-15-16-9-10-18(22-14-16)25-13-12-24-17-7-5-4-6-8-17;/h4-10,14H,2-3,11-13,15H2,1H3,(H3,20,21,23);1H. The van der Waals surface area contributed by atoms with Gasteiger partial charge in [-0.1, -0.05) is 37.6 Å². The minimum absolute atomic E-state index is 0. The molecule has 26 heavy (non-hydrogen) atoms. The van der Waals surface area contributed by atoms with E-state index >= 15 is 0 Å². The molecule has 0 radical (unpaired) electrons. The van der Waals surface area contributed by atoms with E-state index in [0.29, 0.717) is 31.6 Å². The first-order valence-corrected chi connectivity index (χ1v) is 8.57. The Hall–Kier alpha value is -2.03. The van der Waals surface area contributed by atoms with Crippen molar-refractivity contribution in [2.24, 2.45) is 10.7 Å². The zero-order valence-electron chi connectivity index (χ0n) is 15.1. The van der Waals surface area contributed by atoms with Gasteiger partial charge in [-0.25, -0.2) is 9.98 Å². The third-order valence-electron chi connectivity index (χ3n) is 3.41. The Balaban J connectivity index is 0.00000338. The molecule has 1 heterocycles. The molecule has 0 saturated heterocycles. The number of aliphatic imine (C=N–C) groups is 1. The number of halogens is 1. The fourth-order valence-corrected chi connectivity index (χ4v) is 2.04. The second-order valence-corrected chi connectivity index (χ2v) is 5.50. The van der Waals surface area contributed by atoms with Crippen LogP contribution in [0.4, 0.5) is 0 Å². The number of guanidine groups is 1. The summed E-state index contributed by atoms with van der Waals surface area (Å²) >= 11 is 0. The number of pyridine rings is 1. The first-order chi connectivity index (χ1) is 12.3. The van der Waals surface area contributed by atoms with Crippen molar-refractivity contribution in [2.75, 3.05) is 19.8 Å². The van der Waals surface area contributed by atoms with Gasteiger partial charge in [0.05, 0.1) is 6.54 Å². The van der Waals surface area contributed by atoms with Gasteiger partial charge in [-0.05, 0) is 24.1 Å². The van der Waals surface area contributed by atoms with Crippen LogP contribution in [0.5, 0.6) is 11.6 Å². The molecule has 142 valence electrons. The molecule has 0 aliphatic heterocycles. The summed E-state index contributed by atoms with van der Waals surface area (Å²) in [5.41, 5.74) is 6.78. The molecule has 0 saturated carbocycles. The first kappa shape index (κ1) is 22.0. The van der Waals surface area contributed by atoms with Crippen molar-refractivity contribution in [3.8, 4) is 11.6 Å². The highest BCUT2D eigenvalue weighted by Gasteiger charge is 1.99. The molecule has 1 aromatic heterocycles. The Kier molecular flexibility index (Phi) is 11.2. The Labute approximate surface area is 172 Å². The van der Waals surface area contributed by atoms with Crippen molar-refractivity contribution in [3.63, 3.8) is 0 Å². The highest BCUT2D eigenvalue weighted by molar-refractivity contribution is 14.0. The summed E-state index contributed by atoms with van der Waals surface area (Å²) in [7, 11) is 0. The lowest BCUT2D eigenvalue weighted by atomic mass is 10.3. The average Bonchev–Trinajstić information content (AvgIpc) is 2.65. The van der Waals surface area contributed by atoms with Gasteiger partial charge in [0.15, 0.2) is 5.96 Å². The van der Waals surface area contributed by atoms with Crippen LogP contribution in [0, 0.1) is 0 Å². The third kappa shape index (κ3) is 8.89. The van der Waals surface area contributed by atoms with Crippen molar-refractivity contribution < 1.29 is 9.47 Å². The molecule has 7 heteroatoms. The second kappa shape index (κ2) is 13.2. The summed E-state index contributed by atoms with van der Waals surface area (Å²) in [6, 6.07) is 13.4. The molecular formula is C19H27IN4O2. The van der Waals surface area contributed by atoms with Crippen molar-refractivity contribution in [2.45, 2.75) is 26.3 Å². The van der Waals surface area contributed by atoms with E-state index in [1.807, 2.05) is 42.5 Å². The average molecular weight is 470 g/mol. The van der Waals surface area contributed by atoms with Gasteiger partial charge < -0.3 is 20.5 Å². The van der Waals surface area contributed by atoms with Crippen molar-refractivity contribution in [1.82, 2.24) is 10.3 Å². The van der Waals surface area contributed by atoms with E-state index in [2.05, 4.69) is 22.2 Å². The van der Waals surface area contributed by atoms with Crippen LogP contribution in [0.15, 0.2) is 53.7 Å². The molecule has 0 atom stereocenters. The van der Waals surface area contributed by atoms with Crippen LogP contribution in [-0.4, -0.2) is 30.7 Å². The zero-order chi connectivity index (χ0) is 17.7. The maximum atomic E-state index is 5.80. The highest BCUT2D eigenvalue weighted by Crippen LogP contribution is 2.10. The number of hydrogen-bond donors (Lipinski definition) is 2. The lowest BCUT2D eigenvalue weighted by Crippen LogP contribution is -2.32. The normalized spacial score (nSPS) is 10.7. The van der Waals surface area contributed by atoms with Crippen LogP contribution in [0.2, 0.25) is 0 Å². The summed E-state index contributed by atoms with van der Waals surface area (Å²) in [5, 5.41) is 3.08. The number of hydrogen-bond acceptors (Lipinski definition) is 4. The van der Waals surface area contributed by atoms with Crippen molar-refractivity contribution in [1.29, 1.82) is 0 Å². The fraction of sp³-hybridized carbons (Fsp3) is 0.368. The Bertz CT molecular complexity index is 636. The molecule has 0 bridgehead atoms. The van der Waals surface area contributed by atoms with E-state index in [9.17, 15) is 0 Å². The predicted octanol–water partition coefficient (Wildman–Crippen LogP) is 3.36. The van der Waals surface area contributed by atoms with Crippen LogP contribution in [-0.2, 0) is 6.54 Å². The van der Waals surface area contributed by atoms with E-state index in [0.717, 1.165) is 30.7 Å². The monoisotopic (exact) mass is 470 g/mol. The van der Waals surface area contributed by atoms with E-state index in [1.165, 1.54) is 0 Å². The second-order valence-electron chi connectivity index (χ2n) is 5.50. The zero-order valence-corrected chi connectivity index (χ0v) is 17.4. The van der Waals surface area contributed by atoms with Crippen LogP contribution >= 0.6 is 24.0 Å². The lowest BCUT2D eigenvalue weighted by Gasteiger charge is -2.08. The highest BCUT2D eigenvalue weighted by atomic mass is 127. The Morgan fingerprint density at radius 3 is 2.58 bits per heavy atom. The molecule has 0 amide bonds. The molecular weight excluding hydrogens is 443 g/mol. The fourth-order valence-electron chi connectivity index (χ4n) is 2.04. The smallest absolute Gasteiger partial charge is 0.213 e. The van der Waals surface area contributed by atoms with Gasteiger partial charge in [-0.15, -0.1) is 24.0 Å². The van der Waals surface area contributed by atoms with E-state index in [-0.39, 0.29) is 24.0 Å². The largest absolute Gasteiger partial charge is 0.490 e. The van der Waals surface area contributed by atoms with Crippen LogP contribution in [0.25, 0.3) is 0 Å². The summed E-state index contributed by atoms with van der Waals surface area (Å²) in [6.45, 7) is 4.39. The molecule has 2 aromatic rings. The number of para-hydroxylation sites is 1. The molecule has 3 N–H and O–H groups in total. The topological polar surface area (TPSA) is 81.8 Å². The van der Waals surface area contributed by atoms with Gasteiger partial charge in [0.1, 0.15) is 19.0 Å². The number of nitrogens with one attached hydrogen (secondary N) is 1. The Morgan fingerprint density at radius 2 is 1.88 bits per heavy atom. The number of nitrogens with two attached hydrogens (primary N) is 1. The quantitative estimate of drug-likeness (QED) is 0.241. The van der Waals surface area contributed by atoms with Crippen LogP contribution in [0.1, 0.15) is 25.3 Å². The SMILES string of the molecule is CCCCNC(N)=NCc1ccc(OCCOc2ccccc2)nc1.I. The van der Waals surface area contributed by atoms with Crippen molar-refractivity contribution in [3.05, 3.63) is 54.2 Å². The van der Waals surface area contributed by atoms with Gasteiger partial charge in [0.2, 0.25) is 5.88 Å².